The summed E-state index contributed by atoms with van der Waals surface area (Å²) in [5.74, 6) is 2.03. The minimum atomic E-state index is 0.624. The normalized spacial score (nSPS) is 10.4. The molecule has 0 aliphatic carbocycles. The molecule has 5 nitrogen and oxygen atoms in total. The summed E-state index contributed by atoms with van der Waals surface area (Å²) >= 11 is 1.65. The lowest BCUT2D eigenvalue weighted by Gasteiger charge is -2.12. The summed E-state index contributed by atoms with van der Waals surface area (Å²) in [5, 5.41) is 5.19. The summed E-state index contributed by atoms with van der Waals surface area (Å²) in [6.45, 7) is 4.88. The number of rotatable bonds is 4. The minimum Gasteiger partial charge on any atom is -0.354 e. The molecular formula is C12H17N5S. The van der Waals surface area contributed by atoms with E-state index >= 15 is 0 Å². The molecule has 0 bridgehead atoms. The predicted molar refractivity (Wildman–Crippen MR) is 76.4 cm³/mol. The lowest BCUT2D eigenvalue weighted by atomic mass is 10.3. The molecule has 2 aromatic heterocycles. The molecule has 0 unspecified atom stereocenters. The van der Waals surface area contributed by atoms with Gasteiger partial charge in [-0.25, -0.2) is 0 Å². The maximum atomic E-state index is 4.49. The van der Waals surface area contributed by atoms with Gasteiger partial charge in [0, 0.05) is 20.6 Å². The Balaban J connectivity index is 2.50. The zero-order chi connectivity index (χ0) is 13.1. The first-order chi connectivity index (χ1) is 8.61. The van der Waals surface area contributed by atoms with Gasteiger partial charge in [0.05, 0.1) is 4.88 Å². The van der Waals surface area contributed by atoms with Crippen molar-refractivity contribution in [2.45, 2.75) is 13.8 Å². The zero-order valence-electron chi connectivity index (χ0n) is 11.1. The molecule has 0 atom stereocenters. The maximum Gasteiger partial charge on any atom is 0.230 e. The zero-order valence-corrected chi connectivity index (χ0v) is 11.9. The van der Waals surface area contributed by atoms with Gasteiger partial charge < -0.3 is 10.2 Å². The molecule has 2 heterocycles. The second kappa shape index (κ2) is 5.30. The highest BCUT2D eigenvalue weighted by Crippen LogP contribution is 2.27. The van der Waals surface area contributed by atoms with Gasteiger partial charge in [0.15, 0.2) is 5.82 Å². The molecule has 0 saturated carbocycles. The van der Waals surface area contributed by atoms with Gasteiger partial charge >= 0.3 is 0 Å². The Morgan fingerprint density at radius 2 is 2.06 bits per heavy atom. The van der Waals surface area contributed by atoms with E-state index in [1.807, 2.05) is 25.9 Å². The quantitative estimate of drug-likeness (QED) is 0.918. The smallest absolute Gasteiger partial charge is 0.230 e. The molecule has 0 aliphatic heterocycles. The van der Waals surface area contributed by atoms with E-state index in [-0.39, 0.29) is 0 Å². The van der Waals surface area contributed by atoms with Crippen LogP contribution < -0.4 is 10.2 Å². The third-order valence-corrected chi connectivity index (χ3v) is 3.44. The molecule has 2 aromatic rings. The van der Waals surface area contributed by atoms with Crippen molar-refractivity contribution in [3.05, 3.63) is 17.0 Å². The monoisotopic (exact) mass is 263 g/mol. The van der Waals surface area contributed by atoms with E-state index in [2.05, 4.69) is 38.6 Å². The lowest BCUT2D eigenvalue weighted by Crippen LogP contribution is -2.15. The molecule has 18 heavy (non-hydrogen) atoms. The van der Waals surface area contributed by atoms with Crippen LogP contribution in [0, 0.1) is 6.92 Å². The summed E-state index contributed by atoms with van der Waals surface area (Å²) in [4.78, 5) is 16.3. The number of thiophene rings is 1. The highest BCUT2D eigenvalue weighted by Gasteiger charge is 2.12. The molecular weight excluding hydrogens is 246 g/mol. The number of anilines is 2. The number of hydrogen-bond acceptors (Lipinski definition) is 6. The predicted octanol–water partition coefficient (Wildman–Crippen LogP) is 2.41. The largest absolute Gasteiger partial charge is 0.354 e. The molecule has 0 aliphatic rings. The van der Waals surface area contributed by atoms with Crippen molar-refractivity contribution < 1.29 is 0 Å². The molecule has 0 radical (unpaired) electrons. The van der Waals surface area contributed by atoms with Crippen molar-refractivity contribution in [3.63, 3.8) is 0 Å². The standard InChI is InChI=1S/C12H17N5S/c1-5-13-11-14-10(9-8(2)6-7-18-9)15-12(16-11)17(3)4/h6-7H,5H2,1-4H3,(H,13,14,15,16). The number of aromatic nitrogens is 3. The Kier molecular flexibility index (Phi) is 3.76. The van der Waals surface area contributed by atoms with Crippen LogP contribution in [0.1, 0.15) is 12.5 Å². The van der Waals surface area contributed by atoms with Crippen LogP contribution in [0.2, 0.25) is 0 Å². The first-order valence-corrected chi connectivity index (χ1v) is 6.71. The average molecular weight is 263 g/mol. The first-order valence-electron chi connectivity index (χ1n) is 5.83. The summed E-state index contributed by atoms with van der Waals surface area (Å²) in [6.07, 6.45) is 0. The average Bonchev–Trinajstić information content (AvgIpc) is 2.75. The SMILES string of the molecule is CCNc1nc(-c2sccc2C)nc(N(C)C)n1. The Bertz CT molecular complexity index is 535. The van der Waals surface area contributed by atoms with Crippen molar-refractivity contribution in [1.29, 1.82) is 0 Å². The summed E-state index contributed by atoms with van der Waals surface area (Å²) in [6, 6.07) is 2.08. The fourth-order valence-electron chi connectivity index (χ4n) is 1.51. The van der Waals surface area contributed by atoms with Gasteiger partial charge in [-0.1, -0.05) is 0 Å². The van der Waals surface area contributed by atoms with Gasteiger partial charge in [0.25, 0.3) is 0 Å². The highest BCUT2D eigenvalue weighted by molar-refractivity contribution is 7.13. The summed E-state index contributed by atoms with van der Waals surface area (Å²) < 4.78 is 0. The number of nitrogens with zero attached hydrogens (tertiary/aromatic N) is 4. The van der Waals surface area contributed by atoms with E-state index in [1.54, 1.807) is 11.3 Å². The molecule has 0 spiro atoms. The van der Waals surface area contributed by atoms with Crippen LogP contribution in [-0.2, 0) is 0 Å². The second-order valence-corrected chi connectivity index (χ2v) is 5.06. The van der Waals surface area contributed by atoms with Crippen LogP contribution in [-0.4, -0.2) is 35.6 Å². The molecule has 1 N–H and O–H groups in total. The summed E-state index contributed by atoms with van der Waals surface area (Å²) in [7, 11) is 3.85. The first kappa shape index (κ1) is 12.8. The van der Waals surface area contributed by atoms with Gasteiger partial charge in [-0.15, -0.1) is 11.3 Å². The fraction of sp³-hybridized carbons (Fsp3) is 0.417. The molecule has 0 saturated heterocycles. The van der Waals surface area contributed by atoms with Crippen LogP contribution in [0.5, 0.6) is 0 Å². The van der Waals surface area contributed by atoms with Crippen LogP contribution in [0.25, 0.3) is 10.7 Å². The van der Waals surface area contributed by atoms with Crippen LogP contribution in [0.4, 0.5) is 11.9 Å². The molecule has 0 amide bonds. The number of aryl methyl sites for hydroxylation is 1. The van der Waals surface area contributed by atoms with Crippen molar-refractivity contribution in [2.24, 2.45) is 0 Å². The molecule has 2 rings (SSSR count). The Labute approximate surface area is 111 Å². The van der Waals surface area contributed by atoms with Crippen LogP contribution >= 0.6 is 11.3 Å². The van der Waals surface area contributed by atoms with Crippen molar-refractivity contribution in [3.8, 4) is 10.7 Å². The topological polar surface area (TPSA) is 53.9 Å². The van der Waals surface area contributed by atoms with Gasteiger partial charge in [-0.2, -0.15) is 15.0 Å². The van der Waals surface area contributed by atoms with Gasteiger partial charge in [0.2, 0.25) is 11.9 Å². The highest BCUT2D eigenvalue weighted by atomic mass is 32.1. The minimum absolute atomic E-state index is 0.624. The summed E-state index contributed by atoms with van der Waals surface area (Å²) in [5.41, 5.74) is 1.19. The van der Waals surface area contributed by atoms with E-state index in [0.29, 0.717) is 11.9 Å². The van der Waals surface area contributed by atoms with E-state index < -0.39 is 0 Å². The molecule has 96 valence electrons. The third kappa shape index (κ3) is 2.59. The lowest BCUT2D eigenvalue weighted by molar-refractivity contribution is 0.955. The van der Waals surface area contributed by atoms with Gasteiger partial charge in [-0.05, 0) is 30.9 Å². The van der Waals surface area contributed by atoms with Crippen molar-refractivity contribution >= 4 is 23.2 Å². The fourth-order valence-corrected chi connectivity index (χ4v) is 2.36. The van der Waals surface area contributed by atoms with E-state index in [0.717, 1.165) is 17.2 Å². The molecule has 6 heteroatoms. The van der Waals surface area contributed by atoms with E-state index in [1.165, 1.54) is 5.56 Å². The van der Waals surface area contributed by atoms with E-state index in [4.69, 9.17) is 0 Å². The Morgan fingerprint density at radius 1 is 1.28 bits per heavy atom. The Hall–Kier alpha value is -1.69. The third-order valence-electron chi connectivity index (χ3n) is 2.42. The van der Waals surface area contributed by atoms with Crippen LogP contribution in [0.15, 0.2) is 11.4 Å². The van der Waals surface area contributed by atoms with Crippen molar-refractivity contribution in [2.75, 3.05) is 30.9 Å². The second-order valence-electron chi connectivity index (χ2n) is 4.14. The van der Waals surface area contributed by atoms with Gasteiger partial charge in [0.1, 0.15) is 0 Å². The molecule has 0 fully saturated rings. The maximum absolute atomic E-state index is 4.49. The Morgan fingerprint density at radius 3 is 2.61 bits per heavy atom. The molecule has 0 aromatic carbocycles. The van der Waals surface area contributed by atoms with Gasteiger partial charge in [-0.3, -0.25) is 0 Å². The van der Waals surface area contributed by atoms with Crippen LogP contribution in [0.3, 0.4) is 0 Å². The number of hydrogen-bond donors (Lipinski definition) is 1. The van der Waals surface area contributed by atoms with Crippen molar-refractivity contribution in [1.82, 2.24) is 15.0 Å². The van der Waals surface area contributed by atoms with E-state index in [9.17, 15) is 0 Å². The number of nitrogens with one attached hydrogen (secondary N) is 1.